The number of aliphatic hydroxyl groups is 1. The van der Waals surface area contributed by atoms with E-state index in [0.717, 1.165) is 0 Å². The zero-order valence-corrected chi connectivity index (χ0v) is 7.76. The van der Waals surface area contributed by atoms with Crippen LogP contribution < -0.4 is 0 Å². The number of aliphatic hydroxyl groups excluding tert-OH is 1. The summed E-state index contributed by atoms with van der Waals surface area (Å²) < 4.78 is 4.41. The Morgan fingerprint density at radius 3 is 1.91 bits per heavy atom. The van der Waals surface area contributed by atoms with Crippen molar-refractivity contribution in [1.29, 1.82) is 0 Å². The van der Waals surface area contributed by atoms with Crippen molar-refractivity contribution in [1.82, 2.24) is 0 Å². The van der Waals surface area contributed by atoms with Crippen LogP contribution in [0.4, 0.5) is 0 Å². The molecule has 0 saturated heterocycles. The number of esters is 1. The Hall–Kier alpha value is -0.570. The van der Waals surface area contributed by atoms with Gasteiger partial charge in [0.05, 0.1) is 6.61 Å². The van der Waals surface area contributed by atoms with E-state index < -0.39 is 12.1 Å². The van der Waals surface area contributed by atoms with E-state index in [1.165, 1.54) is 13.3 Å². The molecule has 0 heterocycles. The first-order valence-corrected chi connectivity index (χ1v) is 3.94. The number of hydrogen-bond donors (Lipinski definition) is 1. The normalized spacial score (nSPS) is 11.0. The van der Waals surface area contributed by atoms with E-state index in [4.69, 9.17) is 5.11 Å². The van der Waals surface area contributed by atoms with Gasteiger partial charge in [-0.15, -0.1) is 0 Å². The van der Waals surface area contributed by atoms with Gasteiger partial charge in [-0.2, -0.15) is 0 Å². The third kappa shape index (κ3) is 12.6. The Kier molecular flexibility index (Phi) is 11.2. The van der Waals surface area contributed by atoms with Gasteiger partial charge in [0.1, 0.15) is 6.10 Å². The summed E-state index contributed by atoms with van der Waals surface area (Å²) in [5.74, 6) is -0.562. The van der Waals surface area contributed by atoms with Crippen molar-refractivity contribution in [3.05, 3.63) is 0 Å². The van der Waals surface area contributed by atoms with E-state index in [1.807, 2.05) is 0 Å². The topological polar surface area (TPSA) is 46.5 Å². The van der Waals surface area contributed by atoms with Gasteiger partial charge < -0.3 is 9.84 Å². The quantitative estimate of drug-likeness (QED) is 0.623. The Morgan fingerprint density at radius 2 is 1.82 bits per heavy atom. The third-order valence-electron chi connectivity index (χ3n) is 0.628. The Morgan fingerprint density at radius 1 is 1.45 bits per heavy atom. The Labute approximate surface area is 68.4 Å². The van der Waals surface area contributed by atoms with Crippen molar-refractivity contribution < 1.29 is 14.6 Å². The summed E-state index contributed by atoms with van der Waals surface area (Å²) in [4.78, 5) is 10.3. The molecule has 1 atom stereocenters. The Balaban J connectivity index is 0. The van der Waals surface area contributed by atoms with Crippen molar-refractivity contribution in [3.8, 4) is 0 Å². The van der Waals surface area contributed by atoms with E-state index in [2.05, 4.69) is 18.6 Å². The molecule has 0 aliphatic rings. The highest BCUT2D eigenvalue weighted by atomic mass is 16.5. The molecule has 3 heteroatoms. The lowest BCUT2D eigenvalue weighted by Gasteiger charge is -2.01. The molecular formula is C8H18O3. The smallest absolute Gasteiger partial charge is 0.334 e. The van der Waals surface area contributed by atoms with Crippen LogP contribution in [0.5, 0.6) is 0 Å². The van der Waals surface area contributed by atoms with Crippen LogP contribution >= 0.6 is 0 Å². The number of hydrogen-bond acceptors (Lipinski definition) is 3. The minimum atomic E-state index is -0.991. The van der Waals surface area contributed by atoms with E-state index in [0.29, 0.717) is 6.61 Å². The average Bonchev–Trinajstić information content (AvgIpc) is 1.90. The zero-order valence-electron chi connectivity index (χ0n) is 7.76. The highest BCUT2D eigenvalue weighted by Crippen LogP contribution is 1.84. The molecule has 0 aromatic rings. The number of carbonyl (C=O) groups excluding carboxylic acids is 1. The average molecular weight is 162 g/mol. The van der Waals surface area contributed by atoms with Crippen LogP contribution in [-0.4, -0.2) is 23.8 Å². The molecule has 1 N–H and O–H groups in total. The molecule has 0 aliphatic heterocycles. The van der Waals surface area contributed by atoms with Gasteiger partial charge in [0.25, 0.3) is 0 Å². The van der Waals surface area contributed by atoms with Crippen LogP contribution in [0, 0.1) is 0 Å². The van der Waals surface area contributed by atoms with Gasteiger partial charge in [-0.1, -0.05) is 20.3 Å². The molecule has 0 aromatic heterocycles. The number of ether oxygens (including phenoxy) is 1. The molecule has 0 radical (unpaired) electrons. The van der Waals surface area contributed by atoms with Crippen molar-refractivity contribution in [3.63, 3.8) is 0 Å². The van der Waals surface area contributed by atoms with Gasteiger partial charge in [0.2, 0.25) is 0 Å². The molecule has 0 spiro atoms. The van der Waals surface area contributed by atoms with Crippen LogP contribution in [-0.2, 0) is 9.53 Å². The zero-order chi connectivity index (χ0) is 9.28. The van der Waals surface area contributed by atoms with Gasteiger partial charge in [-0.25, -0.2) is 4.79 Å². The van der Waals surface area contributed by atoms with Crippen LogP contribution in [0.1, 0.15) is 34.1 Å². The second-order valence-corrected chi connectivity index (χ2v) is 2.14. The lowest BCUT2D eigenvalue weighted by atomic mass is 10.4. The first-order chi connectivity index (χ1) is 5.09. The van der Waals surface area contributed by atoms with Crippen molar-refractivity contribution in [2.45, 2.75) is 40.2 Å². The second kappa shape index (κ2) is 9.43. The van der Waals surface area contributed by atoms with Crippen molar-refractivity contribution >= 4 is 5.97 Å². The molecule has 68 valence electrons. The number of carbonyl (C=O) groups is 1. The van der Waals surface area contributed by atoms with Crippen LogP contribution in [0.15, 0.2) is 0 Å². The summed E-state index contributed by atoms with van der Waals surface area (Å²) in [6, 6.07) is 0. The minimum absolute atomic E-state index is 0.323. The van der Waals surface area contributed by atoms with Gasteiger partial charge in [0, 0.05) is 0 Å². The van der Waals surface area contributed by atoms with Gasteiger partial charge in [0.15, 0.2) is 0 Å². The molecule has 11 heavy (non-hydrogen) atoms. The summed E-state index contributed by atoms with van der Waals surface area (Å²) in [5.41, 5.74) is 0. The third-order valence-corrected chi connectivity index (χ3v) is 0.628. The fourth-order valence-corrected chi connectivity index (χ4v) is 0.263. The highest BCUT2D eigenvalue weighted by Gasteiger charge is 2.07. The standard InChI is InChI=1S/C5H10O3.C3H8/c1-3-8-5(7)4(2)6;1-3-2/h4,6H,3H2,1-2H3;3H2,1-2H3. The van der Waals surface area contributed by atoms with E-state index >= 15 is 0 Å². The number of rotatable bonds is 2. The summed E-state index contributed by atoms with van der Waals surface area (Å²) in [6.07, 6.45) is 0.259. The Bertz CT molecular complexity index is 89.3. The van der Waals surface area contributed by atoms with Crippen LogP contribution in [0.3, 0.4) is 0 Å². The van der Waals surface area contributed by atoms with Crippen molar-refractivity contribution in [2.24, 2.45) is 0 Å². The maximum Gasteiger partial charge on any atom is 0.334 e. The largest absolute Gasteiger partial charge is 0.464 e. The monoisotopic (exact) mass is 162 g/mol. The fourth-order valence-electron chi connectivity index (χ4n) is 0.263. The first-order valence-electron chi connectivity index (χ1n) is 3.94. The molecular weight excluding hydrogens is 144 g/mol. The second-order valence-electron chi connectivity index (χ2n) is 2.14. The lowest BCUT2D eigenvalue weighted by molar-refractivity contribution is -0.151. The molecule has 3 nitrogen and oxygen atoms in total. The predicted molar refractivity (Wildman–Crippen MR) is 44.3 cm³/mol. The van der Waals surface area contributed by atoms with E-state index in [-0.39, 0.29) is 0 Å². The van der Waals surface area contributed by atoms with Crippen molar-refractivity contribution in [2.75, 3.05) is 6.61 Å². The minimum Gasteiger partial charge on any atom is -0.464 e. The summed E-state index contributed by atoms with van der Waals surface area (Å²) in [5, 5.41) is 8.48. The fraction of sp³-hybridized carbons (Fsp3) is 0.875. The van der Waals surface area contributed by atoms with Crippen LogP contribution in [0.2, 0.25) is 0 Å². The van der Waals surface area contributed by atoms with Gasteiger partial charge >= 0.3 is 5.97 Å². The molecule has 0 rings (SSSR count). The molecule has 0 bridgehead atoms. The maximum atomic E-state index is 10.3. The van der Waals surface area contributed by atoms with Gasteiger partial charge in [-0.05, 0) is 13.8 Å². The molecule has 0 saturated carbocycles. The van der Waals surface area contributed by atoms with E-state index in [1.54, 1.807) is 6.92 Å². The molecule has 1 unspecified atom stereocenters. The maximum absolute atomic E-state index is 10.3. The van der Waals surface area contributed by atoms with Crippen LogP contribution in [0.25, 0.3) is 0 Å². The summed E-state index contributed by atoms with van der Waals surface area (Å²) >= 11 is 0. The molecule has 0 aromatic carbocycles. The first kappa shape index (κ1) is 13.1. The molecule has 0 amide bonds. The highest BCUT2D eigenvalue weighted by molar-refractivity contribution is 5.73. The lowest BCUT2D eigenvalue weighted by Crippen LogP contribution is -2.18. The molecule has 0 aliphatic carbocycles. The van der Waals surface area contributed by atoms with E-state index in [9.17, 15) is 4.79 Å². The van der Waals surface area contributed by atoms with Gasteiger partial charge in [-0.3, -0.25) is 0 Å². The molecule has 0 fully saturated rings. The predicted octanol–water partition coefficient (Wildman–Crippen LogP) is 1.35. The summed E-state index contributed by atoms with van der Waals surface area (Å²) in [6.45, 7) is 7.64. The SMILES string of the molecule is CCC.CCOC(=O)C(C)O. The summed E-state index contributed by atoms with van der Waals surface area (Å²) in [7, 11) is 0.